The van der Waals surface area contributed by atoms with Gasteiger partial charge in [-0.3, -0.25) is 14.5 Å². The molecule has 23 heavy (non-hydrogen) atoms. The molecule has 1 atom stereocenters. The van der Waals surface area contributed by atoms with Crippen molar-refractivity contribution in [3.63, 3.8) is 0 Å². The van der Waals surface area contributed by atoms with Gasteiger partial charge in [0.2, 0.25) is 5.91 Å². The van der Waals surface area contributed by atoms with E-state index in [1.807, 2.05) is 39.1 Å². The molecule has 0 aliphatic carbocycles. The highest BCUT2D eigenvalue weighted by molar-refractivity contribution is 5.83. The SMILES string of the molecule is CCC(=O)[C@@H](CCCNC(=O)Cc1cccc(N)c1)N(C)CC. The number of likely N-dealkylation sites (N-methyl/N-ethyl adjacent to an activating group) is 1. The van der Waals surface area contributed by atoms with Crippen molar-refractivity contribution in [1.29, 1.82) is 0 Å². The quantitative estimate of drug-likeness (QED) is 0.511. The van der Waals surface area contributed by atoms with Crippen molar-refractivity contribution in [3.05, 3.63) is 29.8 Å². The van der Waals surface area contributed by atoms with Crippen LogP contribution in [0.2, 0.25) is 0 Å². The molecule has 0 aromatic heterocycles. The minimum absolute atomic E-state index is 0.0159. The number of nitrogens with zero attached hydrogens (tertiary/aromatic N) is 1. The van der Waals surface area contributed by atoms with Gasteiger partial charge in [0.1, 0.15) is 5.78 Å². The summed E-state index contributed by atoms with van der Waals surface area (Å²) in [4.78, 5) is 26.0. The second-order valence-electron chi connectivity index (χ2n) is 5.82. The van der Waals surface area contributed by atoms with Crippen molar-refractivity contribution in [1.82, 2.24) is 10.2 Å². The first kappa shape index (κ1) is 19.2. The number of Topliss-reactive ketones (excluding diaryl/α,β-unsaturated/α-hetero) is 1. The van der Waals surface area contributed by atoms with Crippen LogP contribution in [0.1, 0.15) is 38.7 Å². The van der Waals surface area contributed by atoms with E-state index in [1.54, 1.807) is 6.07 Å². The molecule has 0 saturated heterocycles. The molecule has 5 heteroatoms. The number of carbonyl (C=O) groups is 2. The summed E-state index contributed by atoms with van der Waals surface area (Å²) in [6.07, 6.45) is 2.45. The summed E-state index contributed by atoms with van der Waals surface area (Å²) < 4.78 is 0. The van der Waals surface area contributed by atoms with Gasteiger partial charge < -0.3 is 11.1 Å². The zero-order valence-electron chi connectivity index (χ0n) is 14.5. The van der Waals surface area contributed by atoms with Gasteiger partial charge in [-0.15, -0.1) is 0 Å². The van der Waals surface area contributed by atoms with E-state index in [0.717, 1.165) is 24.9 Å². The number of ketones is 1. The summed E-state index contributed by atoms with van der Waals surface area (Å²) in [5.41, 5.74) is 7.28. The number of nitrogens with one attached hydrogen (secondary N) is 1. The maximum absolute atomic E-state index is 12.0. The summed E-state index contributed by atoms with van der Waals surface area (Å²) in [5.74, 6) is 0.248. The third-order valence-electron chi connectivity index (χ3n) is 4.04. The molecule has 0 spiro atoms. The average molecular weight is 319 g/mol. The molecule has 0 aliphatic rings. The number of nitrogen functional groups attached to an aromatic ring is 1. The van der Waals surface area contributed by atoms with Crippen molar-refractivity contribution >= 4 is 17.4 Å². The van der Waals surface area contributed by atoms with Crippen molar-refractivity contribution in [3.8, 4) is 0 Å². The number of amides is 1. The predicted octanol–water partition coefficient (Wildman–Crippen LogP) is 2.01. The number of rotatable bonds is 10. The molecule has 1 amide bonds. The van der Waals surface area contributed by atoms with Crippen molar-refractivity contribution in [2.75, 3.05) is 25.9 Å². The van der Waals surface area contributed by atoms with E-state index >= 15 is 0 Å². The van der Waals surface area contributed by atoms with Gasteiger partial charge in [-0.05, 0) is 44.1 Å². The molecule has 0 fully saturated rings. The first-order chi connectivity index (χ1) is 11.0. The lowest BCUT2D eigenvalue weighted by Crippen LogP contribution is -2.39. The molecule has 5 nitrogen and oxygen atoms in total. The number of benzene rings is 1. The van der Waals surface area contributed by atoms with Gasteiger partial charge in [0.15, 0.2) is 0 Å². The highest BCUT2D eigenvalue weighted by atomic mass is 16.1. The van der Waals surface area contributed by atoms with E-state index < -0.39 is 0 Å². The molecule has 0 aliphatic heterocycles. The normalized spacial score (nSPS) is 12.2. The molecule has 128 valence electrons. The number of hydrogen-bond donors (Lipinski definition) is 2. The lowest BCUT2D eigenvalue weighted by molar-refractivity contribution is -0.123. The fourth-order valence-electron chi connectivity index (χ4n) is 2.56. The Bertz CT molecular complexity index is 517. The Kier molecular flexibility index (Phi) is 8.33. The molecule has 1 rings (SSSR count). The van der Waals surface area contributed by atoms with Crippen LogP contribution < -0.4 is 11.1 Å². The van der Waals surface area contributed by atoms with Gasteiger partial charge in [-0.1, -0.05) is 26.0 Å². The predicted molar refractivity (Wildman–Crippen MR) is 94.2 cm³/mol. The second kappa shape index (κ2) is 10.0. The molecule has 0 radical (unpaired) electrons. The first-order valence-corrected chi connectivity index (χ1v) is 8.32. The van der Waals surface area contributed by atoms with Crippen molar-refractivity contribution in [2.24, 2.45) is 0 Å². The summed E-state index contributed by atoms with van der Waals surface area (Å²) >= 11 is 0. The number of anilines is 1. The highest BCUT2D eigenvalue weighted by Crippen LogP contribution is 2.09. The summed E-state index contributed by atoms with van der Waals surface area (Å²) in [7, 11) is 1.97. The molecule has 0 saturated carbocycles. The third kappa shape index (κ3) is 6.82. The molecule has 0 heterocycles. The monoisotopic (exact) mass is 319 g/mol. The van der Waals surface area contributed by atoms with Crippen LogP contribution in [0.4, 0.5) is 5.69 Å². The molecule has 1 aromatic carbocycles. The summed E-state index contributed by atoms with van der Waals surface area (Å²) in [6.45, 7) is 5.37. The van der Waals surface area contributed by atoms with Crippen LogP contribution in [-0.4, -0.2) is 42.8 Å². The van der Waals surface area contributed by atoms with Gasteiger partial charge in [-0.2, -0.15) is 0 Å². The largest absolute Gasteiger partial charge is 0.399 e. The van der Waals surface area contributed by atoms with Crippen molar-refractivity contribution < 1.29 is 9.59 Å². The molecule has 0 bridgehead atoms. The van der Waals surface area contributed by atoms with E-state index in [2.05, 4.69) is 10.2 Å². The fourth-order valence-corrected chi connectivity index (χ4v) is 2.56. The molecular formula is C18H29N3O2. The van der Waals surface area contributed by atoms with Crippen LogP contribution in [0.15, 0.2) is 24.3 Å². The van der Waals surface area contributed by atoms with Gasteiger partial charge >= 0.3 is 0 Å². The lowest BCUT2D eigenvalue weighted by Gasteiger charge is -2.25. The zero-order valence-corrected chi connectivity index (χ0v) is 14.5. The van der Waals surface area contributed by atoms with Gasteiger partial charge in [-0.25, -0.2) is 0 Å². The van der Waals surface area contributed by atoms with E-state index in [0.29, 0.717) is 25.1 Å². The lowest BCUT2D eigenvalue weighted by atomic mass is 10.0. The Morgan fingerprint density at radius 3 is 2.65 bits per heavy atom. The Morgan fingerprint density at radius 1 is 1.30 bits per heavy atom. The Labute approximate surface area is 139 Å². The highest BCUT2D eigenvalue weighted by Gasteiger charge is 2.19. The van der Waals surface area contributed by atoms with Crippen molar-refractivity contribution in [2.45, 2.75) is 45.6 Å². The van der Waals surface area contributed by atoms with Crippen LogP contribution in [0.3, 0.4) is 0 Å². The van der Waals surface area contributed by atoms with E-state index in [9.17, 15) is 9.59 Å². The van der Waals surface area contributed by atoms with Crippen LogP contribution >= 0.6 is 0 Å². The standard InChI is InChI=1S/C18H29N3O2/c1-4-17(22)16(21(3)5-2)10-7-11-20-18(23)13-14-8-6-9-15(19)12-14/h6,8-9,12,16H,4-5,7,10-11,13,19H2,1-3H3,(H,20,23)/t16-/m1/s1. The summed E-state index contributed by atoms with van der Waals surface area (Å²) in [6, 6.07) is 7.31. The van der Waals surface area contributed by atoms with Crippen LogP contribution in [0.5, 0.6) is 0 Å². The van der Waals surface area contributed by atoms with Crippen LogP contribution in [0.25, 0.3) is 0 Å². The third-order valence-corrected chi connectivity index (χ3v) is 4.04. The van der Waals surface area contributed by atoms with E-state index in [-0.39, 0.29) is 17.7 Å². The van der Waals surface area contributed by atoms with Gasteiger partial charge in [0.05, 0.1) is 12.5 Å². The first-order valence-electron chi connectivity index (χ1n) is 8.32. The second-order valence-corrected chi connectivity index (χ2v) is 5.82. The maximum Gasteiger partial charge on any atom is 0.224 e. The number of nitrogens with two attached hydrogens (primary N) is 1. The van der Waals surface area contributed by atoms with Crippen LogP contribution in [-0.2, 0) is 16.0 Å². The Balaban J connectivity index is 2.35. The Morgan fingerprint density at radius 2 is 2.04 bits per heavy atom. The topological polar surface area (TPSA) is 75.4 Å². The molecule has 3 N–H and O–H groups in total. The smallest absolute Gasteiger partial charge is 0.224 e. The number of hydrogen-bond acceptors (Lipinski definition) is 4. The van der Waals surface area contributed by atoms with E-state index in [1.165, 1.54) is 0 Å². The zero-order chi connectivity index (χ0) is 17.2. The van der Waals surface area contributed by atoms with E-state index in [4.69, 9.17) is 5.73 Å². The molecule has 1 aromatic rings. The minimum atomic E-state index is -0.0455. The van der Waals surface area contributed by atoms with Crippen LogP contribution in [0, 0.1) is 0 Å². The minimum Gasteiger partial charge on any atom is -0.399 e. The average Bonchev–Trinajstić information content (AvgIpc) is 2.53. The Hall–Kier alpha value is -1.88. The maximum atomic E-state index is 12.0. The number of carbonyl (C=O) groups excluding carboxylic acids is 2. The fraction of sp³-hybridized carbons (Fsp3) is 0.556. The summed E-state index contributed by atoms with van der Waals surface area (Å²) in [5, 5.41) is 2.91. The molecular weight excluding hydrogens is 290 g/mol. The van der Waals surface area contributed by atoms with Gasteiger partial charge in [0, 0.05) is 18.7 Å². The van der Waals surface area contributed by atoms with Gasteiger partial charge in [0.25, 0.3) is 0 Å². The molecule has 0 unspecified atom stereocenters.